The number of hydrogen-bond acceptors (Lipinski definition) is 6. The molecule has 11 heteroatoms. The minimum absolute atomic E-state index is 0.117. The average Bonchev–Trinajstić information content (AvgIpc) is 3.14. The van der Waals surface area contributed by atoms with E-state index < -0.39 is 17.9 Å². The van der Waals surface area contributed by atoms with Gasteiger partial charge in [0.15, 0.2) is 0 Å². The Bertz CT molecular complexity index is 1100. The minimum atomic E-state index is -4.71. The van der Waals surface area contributed by atoms with Crippen molar-refractivity contribution in [1.82, 2.24) is 24.8 Å². The van der Waals surface area contributed by atoms with Gasteiger partial charge in [-0.1, -0.05) is 29.5 Å². The third-order valence-electron chi connectivity index (χ3n) is 3.32. The molecule has 0 aliphatic carbocycles. The molecule has 0 saturated carbocycles. The molecule has 0 aliphatic heterocycles. The van der Waals surface area contributed by atoms with Crippen molar-refractivity contribution >= 4 is 38.8 Å². The zero-order chi connectivity index (χ0) is 17.6. The van der Waals surface area contributed by atoms with Crippen LogP contribution in [0.5, 0.6) is 0 Å². The summed E-state index contributed by atoms with van der Waals surface area (Å²) in [7, 11) is 0. The Hall–Kier alpha value is -3.08. The number of fused-ring (bicyclic) bond motifs is 2. The highest BCUT2D eigenvalue weighted by Gasteiger charge is 2.38. The summed E-state index contributed by atoms with van der Waals surface area (Å²) in [6.07, 6.45) is -3.13. The van der Waals surface area contributed by atoms with E-state index in [0.717, 1.165) is 5.39 Å². The molecular formula is C14H7F3N6OS. The van der Waals surface area contributed by atoms with Crippen LogP contribution < -0.4 is 5.32 Å². The van der Waals surface area contributed by atoms with Gasteiger partial charge in [0.2, 0.25) is 9.97 Å². The molecule has 4 rings (SSSR count). The summed E-state index contributed by atoms with van der Waals surface area (Å²) in [6.45, 7) is 0. The Morgan fingerprint density at radius 2 is 1.96 bits per heavy atom. The molecule has 0 atom stereocenters. The summed E-state index contributed by atoms with van der Waals surface area (Å²) in [5, 5.41) is 13.4. The number of pyridine rings is 1. The van der Waals surface area contributed by atoms with Crippen LogP contribution >= 0.6 is 11.3 Å². The zero-order valence-corrected chi connectivity index (χ0v) is 13.0. The van der Waals surface area contributed by atoms with E-state index in [0.29, 0.717) is 27.1 Å². The molecule has 7 nitrogen and oxygen atoms in total. The molecule has 25 heavy (non-hydrogen) atoms. The first kappa shape index (κ1) is 15.4. The fourth-order valence-electron chi connectivity index (χ4n) is 2.27. The number of anilines is 1. The standard InChI is InChI=1S/C14H7F3N6OS/c15-14(16,17)12-20-21-13-23(12)22-11(25-13)10(24)19-8-5-1-3-7-4-2-6-18-9(7)8/h1-6H,(H,19,24). The van der Waals surface area contributed by atoms with Crippen molar-refractivity contribution in [3.8, 4) is 0 Å². The van der Waals surface area contributed by atoms with Crippen molar-refractivity contribution in [2.45, 2.75) is 6.18 Å². The fraction of sp³-hybridized carbons (Fsp3) is 0.0714. The van der Waals surface area contributed by atoms with Crippen molar-refractivity contribution in [3.05, 3.63) is 47.4 Å². The Morgan fingerprint density at radius 1 is 1.16 bits per heavy atom. The monoisotopic (exact) mass is 364 g/mol. The van der Waals surface area contributed by atoms with Crippen molar-refractivity contribution in [3.63, 3.8) is 0 Å². The van der Waals surface area contributed by atoms with E-state index in [9.17, 15) is 18.0 Å². The fourth-order valence-corrected chi connectivity index (χ4v) is 3.00. The molecule has 0 radical (unpaired) electrons. The maximum atomic E-state index is 12.8. The highest BCUT2D eigenvalue weighted by molar-refractivity contribution is 7.18. The molecule has 0 unspecified atom stereocenters. The smallest absolute Gasteiger partial charge is 0.318 e. The number of nitrogens with one attached hydrogen (secondary N) is 1. The molecule has 0 fully saturated rings. The molecule has 4 aromatic rings. The van der Waals surface area contributed by atoms with Gasteiger partial charge in [0.05, 0.1) is 11.2 Å². The van der Waals surface area contributed by atoms with Gasteiger partial charge in [-0.05, 0) is 12.1 Å². The first-order valence-corrected chi connectivity index (χ1v) is 7.70. The number of alkyl halides is 3. The highest BCUT2D eigenvalue weighted by Crippen LogP contribution is 2.29. The van der Waals surface area contributed by atoms with Crippen molar-refractivity contribution < 1.29 is 18.0 Å². The molecule has 0 aliphatic rings. The third kappa shape index (κ3) is 2.67. The number of rotatable bonds is 2. The van der Waals surface area contributed by atoms with Crippen LogP contribution in [0.3, 0.4) is 0 Å². The predicted octanol–water partition coefficient (Wildman–Crippen LogP) is 3.01. The van der Waals surface area contributed by atoms with Crippen LogP contribution in [0, 0.1) is 0 Å². The SMILES string of the molecule is O=C(Nc1cccc2cccnc12)c1nn2c(C(F)(F)F)nnc2s1. The Balaban J connectivity index is 1.69. The van der Waals surface area contributed by atoms with Gasteiger partial charge in [0, 0.05) is 11.6 Å². The number of nitrogens with zero attached hydrogens (tertiary/aromatic N) is 5. The van der Waals surface area contributed by atoms with E-state index >= 15 is 0 Å². The molecular weight excluding hydrogens is 357 g/mol. The first-order valence-electron chi connectivity index (χ1n) is 6.88. The molecule has 0 spiro atoms. The highest BCUT2D eigenvalue weighted by atomic mass is 32.1. The van der Waals surface area contributed by atoms with E-state index in [1.807, 2.05) is 12.1 Å². The van der Waals surface area contributed by atoms with Gasteiger partial charge in [-0.25, -0.2) is 0 Å². The predicted molar refractivity (Wildman–Crippen MR) is 83.4 cm³/mol. The van der Waals surface area contributed by atoms with Gasteiger partial charge in [0.25, 0.3) is 11.7 Å². The van der Waals surface area contributed by atoms with Crippen LogP contribution in [0.1, 0.15) is 15.6 Å². The quantitative estimate of drug-likeness (QED) is 0.591. The normalized spacial score (nSPS) is 12.0. The molecule has 3 heterocycles. The summed E-state index contributed by atoms with van der Waals surface area (Å²) in [4.78, 5) is 16.4. The van der Waals surface area contributed by atoms with Gasteiger partial charge in [-0.2, -0.15) is 17.7 Å². The second-order valence-corrected chi connectivity index (χ2v) is 5.91. The van der Waals surface area contributed by atoms with E-state index in [-0.39, 0.29) is 9.97 Å². The number of amides is 1. The summed E-state index contributed by atoms with van der Waals surface area (Å²) >= 11 is 0.713. The van der Waals surface area contributed by atoms with E-state index in [2.05, 4.69) is 25.6 Å². The van der Waals surface area contributed by atoms with Crippen LogP contribution in [0.4, 0.5) is 18.9 Å². The second kappa shape index (κ2) is 5.48. The lowest BCUT2D eigenvalue weighted by molar-refractivity contribution is -0.146. The van der Waals surface area contributed by atoms with Crippen LogP contribution in [0.15, 0.2) is 36.5 Å². The van der Waals surface area contributed by atoms with Crippen LogP contribution in [-0.4, -0.2) is 30.7 Å². The van der Waals surface area contributed by atoms with Crippen molar-refractivity contribution in [2.24, 2.45) is 0 Å². The maximum absolute atomic E-state index is 12.8. The lowest BCUT2D eigenvalue weighted by Crippen LogP contribution is -2.15. The molecule has 0 bridgehead atoms. The number of para-hydroxylation sites is 1. The van der Waals surface area contributed by atoms with Crippen molar-refractivity contribution in [2.75, 3.05) is 5.32 Å². The zero-order valence-electron chi connectivity index (χ0n) is 12.2. The number of aromatic nitrogens is 5. The Labute approximate surface area is 141 Å². The maximum Gasteiger partial charge on any atom is 0.453 e. The van der Waals surface area contributed by atoms with Crippen LogP contribution in [0.25, 0.3) is 15.9 Å². The van der Waals surface area contributed by atoms with Gasteiger partial charge < -0.3 is 5.32 Å². The number of halogens is 3. The number of carbonyl (C=O) groups excluding carboxylic acids is 1. The number of benzene rings is 1. The molecule has 1 amide bonds. The molecule has 0 saturated heterocycles. The van der Waals surface area contributed by atoms with Gasteiger partial charge in [0.1, 0.15) is 0 Å². The molecule has 126 valence electrons. The second-order valence-electron chi connectivity index (χ2n) is 4.96. The summed E-state index contributed by atoms with van der Waals surface area (Å²) in [6, 6.07) is 8.80. The largest absolute Gasteiger partial charge is 0.453 e. The summed E-state index contributed by atoms with van der Waals surface area (Å²) in [5.41, 5.74) is 1.00. The summed E-state index contributed by atoms with van der Waals surface area (Å²) < 4.78 is 39.0. The van der Waals surface area contributed by atoms with Crippen LogP contribution in [-0.2, 0) is 6.18 Å². The number of hydrogen-bond donors (Lipinski definition) is 1. The van der Waals surface area contributed by atoms with E-state index in [1.165, 1.54) is 0 Å². The molecule has 1 N–H and O–H groups in total. The lowest BCUT2D eigenvalue weighted by atomic mass is 10.2. The topological polar surface area (TPSA) is 85.1 Å². The Morgan fingerprint density at radius 3 is 2.76 bits per heavy atom. The minimum Gasteiger partial charge on any atom is -0.318 e. The van der Waals surface area contributed by atoms with E-state index in [4.69, 9.17) is 0 Å². The van der Waals surface area contributed by atoms with Gasteiger partial charge in [-0.15, -0.1) is 15.3 Å². The molecule has 1 aromatic carbocycles. The van der Waals surface area contributed by atoms with Crippen molar-refractivity contribution in [1.29, 1.82) is 0 Å². The average molecular weight is 364 g/mol. The van der Waals surface area contributed by atoms with Gasteiger partial charge in [-0.3, -0.25) is 9.78 Å². The van der Waals surface area contributed by atoms with Gasteiger partial charge >= 0.3 is 6.18 Å². The van der Waals surface area contributed by atoms with Crippen LogP contribution in [0.2, 0.25) is 0 Å². The Kier molecular flexibility index (Phi) is 3.39. The molecule has 3 aromatic heterocycles. The first-order chi connectivity index (χ1) is 11.9. The summed E-state index contributed by atoms with van der Waals surface area (Å²) in [5.74, 6) is -1.92. The lowest BCUT2D eigenvalue weighted by Gasteiger charge is -2.06. The number of carbonyl (C=O) groups is 1. The van der Waals surface area contributed by atoms with E-state index in [1.54, 1.807) is 24.4 Å². The third-order valence-corrected chi connectivity index (χ3v) is 4.22.